The van der Waals surface area contributed by atoms with Crippen molar-refractivity contribution >= 4 is 18.0 Å². The third-order valence-electron chi connectivity index (χ3n) is 3.73. The van der Waals surface area contributed by atoms with Crippen LogP contribution < -0.4 is 0 Å². The van der Waals surface area contributed by atoms with Gasteiger partial charge in [-0.05, 0) is 31.1 Å². The van der Waals surface area contributed by atoms with Crippen LogP contribution in [0, 0.1) is 10.1 Å². The molecule has 0 fully saturated rings. The first-order valence-electron chi connectivity index (χ1n) is 8.20. The summed E-state index contributed by atoms with van der Waals surface area (Å²) in [5.41, 5.74) is 1.39. The molecule has 0 aliphatic carbocycles. The Hall–Kier alpha value is -3.16. The first kappa shape index (κ1) is 19.2. The van der Waals surface area contributed by atoms with E-state index in [1.54, 1.807) is 38.3 Å². The van der Waals surface area contributed by atoms with Crippen LogP contribution in [0.5, 0.6) is 0 Å². The van der Waals surface area contributed by atoms with Gasteiger partial charge in [0, 0.05) is 11.1 Å². The van der Waals surface area contributed by atoms with Crippen LogP contribution in [0.3, 0.4) is 0 Å². The molecule has 0 radical (unpaired) electrons. The van der Waals surface area contributed by atoms with E-state index in [-0.39, 0.29) is 18.9 Å². The number of rotatable bonds is 7. The summed E-state index contributed by atoms with van der Waals surface area (Å²) in [5, 5.41) is 11.2. The second-order valence-electron chi connectivity index (χ2n) is 5.39. The highest BCUT2D eigenvalue weighted by atomic mass is 16.6. The molecule has 8 nitrogen and oxygen atoms in total. The number of ether oxygens (including phenoxy) is 2. The fourth-order valence-corrected chi connectivity index (χ4v) is 2.70. The summed E-state index contributed by atoms with van der Waals surface area (Å²) in [6.07, 6.45) is 4.27. The third-order valence-corrected chi connectivity index (χ3v) is 3.73. The molecule has 1 unspecified atom stereocenters. The average Bonchev–Trinajstić information content (AvgIpc) is 2.60. The fraction of sp³-hybridized carbons (Fsp3) is 0.333. The highest BCUT2D eigenvalue weighted by Crippen LogP contribution is 2.33. The number of hydrogen-bond donors (Lipinski definition) is 0. The molecule has 0 spiro atoms. The zero-order chi connectivity index (χ0) is 19.1. The van der Waals surface area contributed by atoms with Gasteiger partial charge in [-0.15, -0.1) is 0 Å². The van der Waals surface area contributed by atoms with E-state index in [2.05, 4.69) is 0 Å². The Balaban J connectivity index is 2.49. The number of fused-ring (bicyclic) bond motifs is 1. The van der Waals surface area contributed by atoms with Crippen molar-refractivity contribution in [3.05, 3.63) is 63.5 Å². The lowest BCUT2D eigenvalue weighted by Gasteiger charge is -2.33. The quantitative estimate of drug-likeness (QED) is 0.318. The lowest BCUT2D eigenvalue weighted by molar-refractivity contribution is -0.487. The Morgan fingerprint density at radius 2 is 1.92 bits per heavy atom. The number of esters is 2. The normalized spacial score (nSPS) is 16.0. The van der Waals surface area contributed by atoms with Gasteiger partial charge in [-0.2, -0.15) is 0 Å². The van der Waals surface area contributed by atoms with Crippen molar-refractivity contribution in [3.8, 4) is 0 Å². The number of benzene rings is 1. The maximum absolute atomic E-state index is 12.4. The molecule has 138 valence electrons. The molecule has 1 atom stereocenters. The minimum absolute atomic E-state index is 0.104. The van der Waals surface area contributed by atoms with Crippen LogP contribution in [0.4, 0.5) is 0 Å². The summed E-state index contributed by atoms with van der Waals surface area (Å²) < 4.78 is 9.89. The zero-order valence-corrected chi connectivity index (χ0v) is 14.6. The van der Waals surface area contributed by atoms with Crippen molar-refractivity contribution in [2.24, 2.45) is 0 Å². The van der Waals surface area contributed by atoms with E-state index in [9.17, 15) is 19.7 Å². The number of carbonyl (C=O) groups excluding carboxylic acids is 2. The van der Waals surface area contributed by atoms with Crippen LogP contribution in [0.1, 0.15) is 31.0 Å². The van der Waals surface area contributed by atoms with E-state index in [1.807, 2.05) is 12.1 Å². The molecule has 0 bridgehead atoms. The second-order valence-corrected chi connectivity index (χ2v) is 5.39. The molecule has 1 aromatic carbocycles. The first-order chi connectivity index (χ1) is 12.5. The smallest absolute Gasteiger partial charge is 0.355 e. The SMILES string of the molecule is CCOC(=O)/C=C(\C(=O)OCC)N1C=Cc2ccccc2C1C[N+](=O)[O-]. The predicted octanol–water partition coefficient (Wildman–Crippen LogP) is 2.30. The summed E-state index contributed by atoms with van der Waals surface area (Å²) >= 11 is 0. The Morgan fingerprint density at radius 3 is 2.58 bits per heavy atom. The summed E-state index contributed by atoms with van der Waals surface area (Å²) in [6.45, 7) is 3.08. The van der Waals surface area contributed by atoms with Crippen molar-refractivity contribution in [3.63, 3.8) is 0 Å². The molecule has 0 N–H and O–H groups in total. The number of carbonyl (C=O) groups is 2. The predicted molar refractivity (Wildman–Crippen MR) is 93.3 cm³/mol. The first-order valence-corrected chi connectivity index (χ1v) is 8.20. The largest absolute Gasteiger partial charge is 0.463 e. The summed E-state index contributed by atoms with van der Waals surface area (Å²) in [4.78, 5) is 36.4. The van der Waals surface area contributed by atoms with Crippen LogP contribution >= 0.6 is 0 Å². The van der Waals surface area contributed by atoms with Gasteiger partial charge >= 0.3 is 11.9 Å². The Kier molecular flexibility index (Phi) is 6.48. The molecule has 0 amide bonds. The van der Waals surface area contributed by atoms with Gasteiger partial charge in [0.05, 0.1) is 19.3 Å². The van der Waals surface area contributed by atoms with Gasteiger partial charge in [-0.3, -0.25) is 10.1 Å². The van der Waals surface area contributed by atoms with Crippen molar-refractivity contribution in [2.45, 2.75) is 19.9 Å². The number of nitrogens with zero attached hydrogens (tertiary/aromatic N) is 2. The van der Waals surface area contributed by atoms with E-state index >= 15 is 0 Å². The second kappa shape index (κ2) is 8.80. The standard InChI is InChI=1S/C18H20N2O6/c1-3-25-17(21)11-15(18(22)26-4-2)19-10-9-13-7-5-6-8-14(13)16(19)12-20(23)24/h5-11,16H,3-4,12H2,1-2H3/b15-11+. The highest BCUT2D eigenvalue weighted by molar-refractivity contribution is 5.96. The van der Waals surface area contributed by atoms with Gasteiger partial charge < -0.3 is 14.4 Å². The van der Waals surface area contributed by atoms with Gasteiger partial charge in [0.15, 0.2) is 0 Å². The molecule has 2 rings (SSSR count). The maximum atomic E-state index is 12.4. The van der Waals surface area contributed by atoms with Crippen LogP contribution in [-0.2, 0) is 19.1 Å². The van der Waals surface area contributed by atoms with Gasteiger partial charge in [0.2, 0.25) is 6.54 Å². The van der Waals surface area contributed by atoms with Gasteiger partial charge in [0.25, 0.3) is 0 Å². The molecule has 1 heterocycles. The molecule has 0 aromatic heterocycles. The lowest BCUT2D eigenvalue weighted by atomic mass is 9.95. The van der Waals surface area contributed by atoms with Crippen LogP contribution in [0.15, 0.2) is 42.2 Å². The third kappa shape index (κ3) is 4.47. The Morgan fingerprint density at radius 1 is 1.23 bits per heavy atom. The molecular formula is C18H20N2O6. The highest BCUT2D eigenvalue weighted by Gasteiger charge is 2.33. The van der Waals surface area contributed by atoms with Crippen LogP contribution in [0.25, 0.3) is 6.08 Å². The van der Waals surface area contributed by atoms with Crippen LogP contribution in [0.2, 0.25) is 0 Å². The van der Waals surface area contributed by atoms with E-state index < -0.39 is 29.4 Å². The van der Waals surface area contributed by atoms with Crippen molar-refractivity contribution in [1.29, 1.82) is 0 Å². The molecule has 8 heteroatoms. The average molecular weight is 360 g/mol. The molecule has 1 aliphatic rings. The van der Waals surface area contributed by atoms with Crippen molar-refractivity contribution < 1.29 is 24.0 Å². The van der Waals surface area contributed by atoms with Crippen LogP contribution in [-0.4, -0.2) is 41.5 Å². The van der Waals surface area contributed by atoms with E-state index in [1.165, 1.54) is 4.90 Å². The van der Waals surface area contributed by atoms with E-state index in [4.69, 9.17) is 9.47 Å². The van der Waals surface area contributed by atoms with E-state index in [0.29, 0.717) is 5.56 Å². The molecule has 26 heavy (non-hydrogen) atoms. The maximum Gasteiger partial charge on any atom is 0.355 e. The number of nitro groups is 1. The van der Waals surface area contributed by atoms with E-state index in [0.717, 1.165) is 11.6 Å². The minimum Gasteiger partial charge on any atom is -0.463 e. The molecule has 0 saturated carbocycles. The van der Waals surface area contributed by atoms with Gasteiger partial charge in [-0.25, -0.2) is 9.59 Å². The topological polar surface area (TPSA) is 99.0 Å². The molecular weight excluding hydrogens is 340 g/mol. The minimum atomic E-state index is -0.753. The lowest BCUT2D eigenvalue weighted by Crippen LogP contribution is -2.35. The van der Waals surface area contributed by atoms with Crippen molar-refractivity contribution in [1.82, 2.24) is 4.90 Å². The van der Waals surface area contributed by atoms with Crippen molar-refractivity contribution in [2.75, 3.05) is 19.8 Å². The summed E-state index contributed by atoms with van der Waals surface area (Å²) in [6, 6.07) is 6.42. The monoisotopic (exact) mass is 360 g/mol. The molecule has 0 saturated heterocycles. The molecule has 1 aliphatic heterocycles. The summed E-state index contributed by atoms with van der Waals surface area (Å²) in [5.74, 6) is -1.47. The fourth-order valence-electron chi connectivity index (χ4n) is 2.70. The Bertz CT molecular complexity index is 756. The Labute approximate surface area is 150 Å². The zero-order valence-electron chi connectivity index (χ0n) is 14.6. The van der Waals surface area contributed by atoms with Gasteiger partial charge in [-0.1, -0.05) is 24.3 Å². The van der Waals surface area contributed by atoms with Gasteiger partial charge in [0.1, 0.15) is 11.7 Å². The molecule has 1 aromatic rings. The number of hydrogen-bond acceptors (Lipinski definition) is 7. The summed E-state index contributed by atoms with van der Waals surface area (Å²) in [7, 11) is 0.